The minimum atomic E-state index is -3.39. The molecule has 7 nitrogen and oxygen atoms in total. The van der Waals surface area contributed by atoms with E-state index in [0.29, 0.717) is 10.2 Å². The Morgan fingerprint density at radius 1 is 1.25 bits per heavy atom. The van der Waals surface area contributed by atoms with E-state index in [1.807, 2.05) is 0 Å². The van der Waals surface area contributed by atoms with Gasteiger partial charge in [0.2, 0.25) is 0 Å². The number of hydrogen-bond acceptors (Lipinski definition) is 7. The van der Waals surface area contributed by atoms with E-state index in [1.165, 1.54) is 43.5 Å². The summed E-state index contributed by atoms with van der Waals surface area (Å²) in [5.41, 5.74) is 0.332. The first-order valence-electron chi connectivity index (χ1n) is 7.73. The van der Waals surface area contributed by atoms with Crippen molar-refractivity contribution in [3.8, 4) is 11.5 Å². The van der Waals surface area contributed by atoms with E-state index < -0.39 is 28.1 Å². The fraction of sp³-hybridized carbons (Fsp3) is 0.176. The molecule has 0 aliphatic heterocycles. The number of amides is 1. The third-order valence-corrected chi connectivity index (χ3v) is 5.70. The number of carbonyl (C=O) groups is 1. The Balaban J connectivity index is 1.93. The molecule has 3 aromatic rings. The first-order valence-corrected chi connectivity index (χ1v) is 10.4. The highest BCUT2D eigenvalue weighted by atomic mass is 32.2. The second kappa shape index (κ2) is 7.68. The molecule has 0 saturated carbocycles. The molecule has 1 heterocycles. The number of para-hydroxylation sites is 1. The Bertz CT molecular complexity index is 1150. The maximum atomic E-state index is 12.7. The van der Waals surface area contributed by atoms with Crippen LogP contribution in [0, 0.1) is 0 Å². The van der Waals surface area contributed by atoms with Gasteiger partial charge >= 0.3 is 6.61 Å². The lowest BCUT2D eigenvalue weighted by Gasteiger charge is -2.13. The van der Waals surface area contributed by atoms with Crippen LogP contribution < -0.4 is 14.8 Å². The number of nitrogens with zero attached hydrogens (tertiary/aromatic N) is 1. The number of rotatable bonds is 6. The van der Waals surface area contributed by atoms with Gasteiger partial charge < -0.3 is 9.47 Å². The van der Waals surface area contributed by atoms with Gasteiger partial charge in [-0.3, -0.25) is 10.1 Å². The van der Waals surface area contributed by atoms with Gasteiger partial charge in [0.1, 0.15) is 0 Å². The highest BCUT2D eigenvalue weighted by Gasteiger charge is 2.21. The molecule has 0 aliphatic rings. The highest BCUT2D eigenvalue weighted by Crippen LogP contribution is 2.34. The van der Waals surface area contributed by atoms with Crippen LogP contribution in [0.3, 0.4) is 0 Å². The summed E-state index contributed by atoms with van der Waals surface area (Å²) < 4.78 is 58.7. The number of halogens is 2. The van der Waals surface area contributed by atoms with E-state index in [0.717, 1.165) is 17.6 Å². The summed E-state index contributed by atoms with van der Waals surface area (Å²) in [4.78, 5) is 16.9. The molecule has 0 radical (unpaired) electrons. The van der Waals surface area contributed by atoms with Crippen molar-refractivity contribution in [1.82, 2.24) is 4.98 Å². The van der Waals surface area contributed by atoms with E-state index >= 15 is 0 Å². The molecular formula is C17H14F2N2O5S2. The smallest absolute Gasteiger partial charge is 0.387 e. The van der Waals surface area contributed by atoms with Crippen LogP contribution in [-0.4, -0.2) is 39.3 Å². The van der Waals surface area contributed by atoms with Crippen LogP contribution in [0.1, 0.15) is 10.4 Å². The molecule has 0 saturated heterocycles. The first kappa shape index (κ1) is 20.0. The number of hydrogen-bond donors (Lipinski definition) is 1. The molecule has 1 amide bonds. The molecule has 28 heavy (non-hydrogen) atoms. The number of alkyl halides is 2. The predicted octanol–water partition coefficient (Wildman–Crippen LogP) is 3.56. The molecule has 0 atom stereocenters. The van der Waals surface area contributed by atoms with E-state index in [9.17, 15) is 22.0 Å². The Morgan fingerprint density at radius 3 is 2.64 bits per heavy atom. The fourth-order valence-corrected chi connectivity index (χ4v) is 4.04. The number of sulfone groups is 1. The Kier molecular flexibility index (Phi) is 5.47. The zero-order chi connectivity index (χ0) is 20.5. The monoisotopic (exact) mass is 428 g/mol. The molecular weight excluding hydrogens is 414 g/mol. The van der Waals surface area contributed by atoms with Gasteiger partial charge in [-0.1, -0.05) is 17.4 Å². The van der Waals surface area contributed by atoms with Crippen molar-refractivity contribution in [2.45, 2.75) is 11.5 Å². The van der Waals surface area contributed by atoms with Crippen LogP contribution in [0.5, 0.6) is 11.5 Å². The molecule has 0 fully saturated rings. The zero-order valence-corrected chi connectivity index (χ0v) is 16.2. The lowest BCUT2D eigenvalue weighted by atomic mass is 10.1. The number of carbonyl (C=O) groups excluding carboxylic acids is 1. The van der Waals surface area contributed by atoms with Gasteiger partial charge in [0.25, 0.3) is 5.91 Å². The van der Waals surface area contributed by atoms with Gasteiger partial charge in [-0.15, -0.1) is 0 Å². The SMILES string of the molecule is COc1cccc(C(=O)Nc2nc3ccc(S(C)(=O)=O)cc3s2)c1OC(F)F. The summed E-state index contributed by atoms with van der Waals surface area (Å²) in [5.74, 6) is -1.13. The predicted molar refractivity (Wildman–Crippen MR) is 100 cm³/mol. The van der Waals surface area contributed by atoms with Crippen molar-refractivity contribution in [2.24, 2.45) is 0 Å². The summed E-state index contributed by atoms with van der Waals surface area (Å²) >= 11 is 1.05. The number of anilines is 1. The largest absolute Gasteiger partial charge is 0.493 e. The van der Waals surface area contributed by atoms with Gasteiger partial charge in [-0.2, -0.15) is 8.78 Å². The molecule has 0 bridgehead atoms. The molecule has 0 spiro atoms. The number of benzene rings is 2. The van der Waals surface area contributed by atoms with E-state index in [4.69, 9.17) is 4.74 Å². The second-order valence-corrected chi connectivity index (χ2v) is 8.64. The molecule has 11 heteroatoms. The highest BCUT2D eigenvalue weighted by molar-refractivity contribution is 7.90. The van der Waals surface area contributed by atoms with Gasteiger partial charge in [-0.25, -0.2) is 13.4 Å². The van der Waals surface area contributed by atoms with Crippen LogP contribution in [0.15, 0.2) is 41.3 Å². The van der Waals surface area contributed by atoms with Gasteiger partial charge in [0.05, 0.1) is 27.8 Å². The lowest BCUT2D eigenvalue weighted by Crippen LogP contribution is -2.15. The van der Waals surface area contributed by atoms with Crippen LogP contribution in [0.2, 0.25) is 0 Å². The molecule has 2 aromatic carbocycles. The number of nitrogens with one attached hydrogen (secondary N) is 1. The number of methoxy groups -OCH3 is 1. The van der Waals surface area contributed by atoms with Gasteiger partial charge in [0.15, 0.2) is 26.5 Å². The van der Waals surface area contributed by atoms with Crippen molar-refractivity contribution < 1.29 is 31.5 Å². The van der Waals surface area contributed by atoms with Crippen LogP contribution in [0.25, 0.3) is 10.2 Å². The summed E-state index contributed by atoms with van der Waals surface area (Å²) in [6.45, 7) is -3.14. The van der Waals surface area contributed by atoms with E-state index in [-0.39, 0.29) is 21.3 Å². The van der Waals surface area contributed by atoms with Crippen molar-refractivity contribution in [3.63, 3.8) is 0 Å². The quantitative estimate of drug-likeness (QED) is 0.645. The topological polar surface area (TPSA) is 94.6 Å². The average molecular weight is 428 g/mol. The van der Waals surface area contributed by atoms with Crippen molar-refractivity contribution in [1.29, 1.82) is 0 Å². The standard InChI is InChI=1S/C17H14F2N2O5S2/c1-25-12-5-3-4-10(14(12)26-16(18)19)15(22)21-17-20-11-7-6-9(28(2,23)24)8-13(11)27-17/h3-8,16H,1-2H3,(H,20,21,22). The molecule has 0 aliphatic carbocycles. The minimum absolute atomic E-state index is 0.0185. The summed E-state index contributed by atoms with van der Waals surface area (Å²) in [6, 6.07) is 8.55. The van der Waals surface area contributed by atoms with Gasteiger partial charge in [0, 0.05) is 6.26 Å². The first-order chi connectivity index (χ1) is 13.2. The molecule has 0 unspecified atom stereocenters. The Hall–Kier alpha value is -2.79. The molecule has 1 N–H and O–H groups in total. The molecule has 148 valence electrons. The van der Waals surface area contributed by atoms with Crippen LogP contribution in [0.4, 0.5) is 13.9 Å². The maximum absolute atomic E-state index is 12.7. The van der Waals surface area contributed by atoms with E-state index in [1.54, 1.807) is 0 Å². The van der Waals surface area contributed by atoms with Crippen LogP contribution in [-0.2, 0) is 9.84 Å². The summed E-state index contributed by atoms with van der Waals surface area (Å²) in [5, 5.41) is 2.69. The van der Waals surface area contributed by atoms with Gasteiger partial charge in [-0.05, 0) is 30.3 Å². The number of fused-ring (bicyclic) bond motifs is 1. The van der Waals surface area contributed by atoms with Crippen LogP contribution >= 0.6 is 11.3 Å². The number of ether oxygens (including phenoxy) is 2. The summed E-state index contributed by atoms with van der Waals surface area (Å²) in [6.07, 6.45) is 1.09. The van der Waals surface area contributed by atoms with Crippen molar-refractivity contribution >= 4 is 42.4 Å². The fourth-order valence-electron chi connectivity index (χ4n) is 2.42. The number of aromatic nitrogens is 1. The average Bonchev–Trinajstić information content (AvgIpc) is 3.01. The Morgan fingerprint density at radius 2 is 2.00 bits per heavy atom. The van der Waals surface area contributed by atoms with E-state index in [2.05, 4.69) is 15.0 Å². The van der Waals surface area contributed by atoms with Crippen molar-refractivity contribution in [2.75, 3.05) is 18.7 Å². The molecule has 1 aromatic heterocycles. The minimum Gasteiger partial charge on any atom is -0.493 e. The maximum Gasteiger partial charge on any atom is 0.387 e. The summed E-state index contributed by atoms with van der Waals surface area (Å²) in [7, 11) is -2.12. The third kappa shape index (κ3) is 4.20. The third-order valence-electron chi connectivity index (χ3n) is 3.66. The lowest BCUT2D eigenvalue weighted by molar-refractivity contribution is -0.0515. The molecule has 3 rings (SSSR count). The number of thiazole rings is 1. The van der Waals surface area contributed by atoms with Crippen molar-refractivity contribution in [3.05, 3.63) is 42.0 Å². The Labute approximate surface area is 162 Å². The second-order valence-electron chi connectivity index (χ2n) is 5.59. The zero-order valence-electron chi connectivity index (χ0n) is 14.6. The normalized spacial score (nSPS) is 11.6.